The Bertz CT molecular complexity index is 363. The highest BCUT2D eigenvalue weighted by Crippen LogP contribution is 2.10. The molecule has 1 heterocycles. The van der Waals surface area contributed by atoms with Crippen LogP contribution in [0.25, 0.3) is 0 Å². The summed E-state index contributed by atoms with van der Waals surface area (Å²) < 4.78 is 1.46. The van der Waals surface area contributed by atoms with E-state index >= 15 is 0 Å². The van der Waals surface area contributed by atoms with Gasteiger partial charge in [0.1, 0.15) is 0 Å². The van der Waals surface area contributed by atoms with E-state index in [9.17, 15) is 10.1 Å². The lowest BCUT2D eigenvalue weighted by molar-refractivity contribution is -0.389. The Morgan fingerprint density at radius 3 is 3.00 bits per heavy atom. The third-order valence-electron chi connectivity index (χ3n) is 1.59. The summed E-state index contributed by atoms with van der Waals surface area (Å²) in [4.78, 5) is 9.76. The van der Waals surface area contributed by atoms with E-state index in [0.717, 1.165) is 0 Å². The molecule has 1 aromatic rings. The maximum absolute atomic E-state index is 10.3. The van der Waals surface area contributed by atoms with Crippen molar-refractivity contribution < 1.29 is 4.92 Å². The summed E-state index contributed by atoms with van der Waals surface area (Å²) in [5.41, 5.74) is 0.696. The first-order valence-corrected chi connectivity index (χ1v) is 3.71. The smallest absolute Gasteiger partial charge is 0.358 e. The average molecular weight is 180 g/mol. The molecule has 1 aromatic heterocycles. The van der Waals surface area contributed by atoms with E-state index in [1.165, 1.54) is 10.7 Å². The van der Waals surface area contributed by atoms with Crippen LogP contribution in [0.15, 0.2) is 6.07 Å². The molecule has 68 valence electrons. The van der Waals surface area contributed by atoms with E-state index in [2.05, 4.69) is 5.10 Å². The van der Waals surface area contributed by atoms with Crippen molar-refractivity contribution in [3.05, 3.63) is 21.9 Å². The molecular formula is C7H8N4O2. The number of hydrogen-bond acceptors (Lipinski definition) is 4. The Hall–Kier alpha value is -1.90. The first-order chi connectivity index (χ1) is 6.15. The van der Waals surface area contributed by atoms with Crippen molar-refractivity contribution in [2.75, 3.05) is 0 Å². The highest BCUT2D eigenvalue weighted by atomic mass is 16.6. The standard InChI is InChI=1S/C7H8N4O2/c1-6-5-7(11(12)13)9-10(6)4-2-3-8/h5H,2,4H2,1H3. The largest absolute Gasteiger partial charge is 0.390 e. The summed E-state index contributed by atoms with van der Waals surface area (Å²) in [6, 6.07) is 3.34. The zero-order valence-corrected chi connectivity index (χ0v) is 7.10. The van der Waals surface area contributed by atoms with Crippen LogP contribution < -0.4 is 0 Å². The fourth-order valence-corrected chi connectivity index (χ4v) is 0.964. The topological polar surface area (TPSA) is 84.8 Å². The van der Waals surface area contributed by atoms with Crippen LogP contribution in [-0.2, 0) is 6.54 Å². The predicted molar refractivity (Wildman–Crippen MR) is 43.8 cm³/mol. The van der Waals surface area contributed by atoms with Crippen molar-refractivity contribution in [2.24, 2.45) is 0 Å². The van der Waals surface area contributed by atoms with E-state index in [-0.39, 0.29) is 5.82 Å². The van der Waals surface area contributed by atoms with Crippen molar-refractivity contribution in [2.45, 2.75) is 19.9 Å². The van der Waals surface area contributed by atoms with E-state index in [1.54, 1.807) is 6.92 Å². The zero-order chi connectivity index (χ0) is 9.84. The van der Waals surface area contributed by atoms with Crippen molar-refractivity contribution in [3.63, 3.8) is 0 Å². The average Bonchev–Trinajstić information content (AvgIpc) is 2.44. The minimum Gasteiger partial charge on any atom is -0.358 e. The van der Waals surface area contributed by atoms with Gasteiger partial charge in [-0.15, -0.1) is 0 Å². The molecule has 0 fully saturated rings. The summed E-state index contributed by atoms with van der Waals surface area (Å²) >= 11 is 0. The van der Waals surface area contributed by atoms with Crippen LogP contribution in [0.5, 0.6) is 0 Å². The van der Waals surface area contributed by atoms with Gasteiger partial charge in [0.25, 0.3) is 0 Å². The molecule has 0 aliphatic rings. The summed E-state index contributed by atoms with van der Waals surface area (Å²) in [6.07, 6.45) is 0.305. The van der Waals surface area contributed by atoms with Crippen LogP contribution in [0, 0.1) is 28.4 Å². The molecule has 0 amide bonds. The quantitative estimate of drug-likeness (QED) is 0.513. The second-order valence-corrected chi connectivity index (χ2v) is 2.53. The van der Waals surface area contributed by atoms with Crippen LogP contribution in [-0.4, -0.2) is 14.7 Å². The van der Waals surface area contributed by atoms with Gasteiger partial charge in [0.15, 0.2) is 0 Å². The van der Waals surface area contributed by atoms with Gasteiger partial charge in [0, 0.05) is 0 Å². The molecule has 0 N–H and O–H groups in total. The number of nitro groups is 1. The van der Waals surface area contributed by atoms with Crippen molar-refractivity contribution in [1.82, 2.24) is 9.78 Å². The predicted octanol–water partition coefficient (Wildman–Crippen LogP) is 1.01. The van der Waals surface area contributed by atoms with Gasteiger partial charge in [-0.05, 0) is 11.8 Å². The lowest BCUT2D eigenvalue weighted by atomic mass is 10.4. The number of nitrogens with zero attached hydrogens (tertiary/aromatic N) is 4. The lowest BCUT2D eigenvalue weighted by Crippen LogP contribution is -2.01. The highest BCUT2D eigenvalue weighted by Gasteiger charge is 2.14. The number of hydrogen-bond donors (Lipinski definition) is 0. The van der Waals surface area contributed by atoms with E-state index in [4.69, 9.17) is 5.26 Å². The lowest BCUT2D eigenvalue weighted by Gasteiger charge is -1.91. The number of aryl methyl sites for hydroxylation is 2. The molecule has 0 spiro atoms. The SMILES string of the molecule is Cc1cc([N+](=O)[O-])nn1CCC#N. The maximum atomic E-state index is 10.3. The van der Waals surface area contributed by atoms with Crippen LogP contribution in [0.2, 0.25) is 0 Å². The first kappa shape index (κ1) is 9.19. The second-order valence-electron chi connectivity index (χ2n) is 2.53. The van der Waals surface area contributed by atoms with E-state index < -0.39 is 4.92 Å². The molecule has 0 aliphatic heterocycles. The summed E-state index contributed by atoms with van der Waals surface area (Å²) in [6.45, 7) is 2.12. The van der Waals surface area contributed by atoms with Crippen molar-refractivity contribution in [3.8, 4) is 6.07 Å². The van der Waals surface area contributed by atoms with Crippen LogP contribution in [0.1, 0.15) is 12.1 Å². The Balaban J connectivity index is 2.85. The second kappa shape index (κ2) is 3.67. The van der Waals surface area contributed by atoms with Crippen molar-refractivity contribution in [1.29, 1.82) is 5.26 Å². The molecule has 0 saturated heterocycles. The molecule has 6 heteroatoms. The summed E-state index contributed by atoms with van der Waals surface area (Å²) in [5, 5.41) is 22.3. The van der Waals surface area contributed by atoms with Crippen molar-refractivity contribution >= 4 is 5.82 Å². The first-order valence-electron chi connectivity index (χ1n) is 3.71. The number of nitriles is 1. The molecule has 0 atom stereocenters. The third kappa shape index (κ3) is 2.02. The molecule has 6 nitrogen and oxygen atoms in total. The van der Waals surface area contributed by atoms with Gasteiger partial charge in [-0.25, -0.2) is 0 Å². The maximum Gasteiger partial charge on any atom is 0.390 e. The molecule has 0 aliphatic carbocycles. The van der Waals surface area contributed by atoms with Gasteiger partial charge >= 0.3 is 5.82 Å². The van der Waals surface area contributed by atoms with E-state index in [1.807, 2.05) is 6.07 Å². The molecule has 0 aromatic carbocycles. The van der Waals surface area contributed by atoms with Gasteiger partial charge in [-0.1, -0.05) is 0 Å². The van der Waals surface area contributed by atoms with Gasteiger partial charge in [-0.3, -0.25) is 0 Å². The molecular weight excluding hydrogens is 172 g/mol. The fourth-order valence-electron chi connectivity index (χ4n) is 0.964. The molecule has 13 heavy (non-hydrogen) atoms. The Morgan fingerprint density at radius 1 is 1.85 bits per heavy atom. The molecule has 0 unspecified atom stereocenters. The molecule has 0 bridgehead atoms. The highest BCUT2D eigenvalue weighted by molar-refractivity contribution is 5.20. The third-order valence-corrected chi connectivity index (χ3v) is 1.59. The zero-order valence-electron chi connectivity index (χ0n) is 7.10. The molecule has 0 saturated carbocycles. The molecule has 1 rings (SSSR count). The minimum absolute atomic E-state index is 0.171. The normalized spacial score (nSPS) is 9.54. The van der Waals surface area contributed by atoms with E-state index in [0.29, 0.717) is 18.7 Å². The van der Waals surface area contributed by atoms with Gasteiger partial charge in [0.2, 0.25) is 0 Å². The summed E-state index contributed by atoms with van der Waals surface area (Å²) in [5.74, 6) is -0.171. The minimum atomic E-state index is -0.546. The Morgan fingerprint density at radius 2 is 2.54 bits per heavy atom. The van der Waals surface area contributed by atoms with Gasteiger partial charge < -0.3 is 10.1 Å². The Labute approximate surface area is 74.5 Å². The van der Waals surface area contributed by atoms with Crippen LogP contribution in [0.4, 0.5) is 5.82 Å². The van der Waals surface area contributed by atoms with Gasteiger partial charge in [-0.2, -0.15) is 9.94 Å². The Kier molecular flexibility index (Phi) is 2.59. The van der Waals surface area contributed by atoms with Gasteiger partial charge in [0.05, 0.1) is 35.9 Å². The van der Waals surface area contributed by atoms with Crippen LogP contribution in [0.3, 0.4) is 0 Å². The summed E-state index contributed by atoms with van der Waals surface area (Å²) in [7, 11) is 0. The number of aromatic nitrogens is 2. The molecule has 0 radical (unpaired) electrons. The monoisotopic (exact) mass is 180 g/mol. The van der Waals surface area contributed by atoms with Crippen LogP contribution >= 0.6 is 0 Å². The fraction of sp³-hybridized carbons (Fsp3) is 0.429. The number of rotatable bonds is 3.